The molecule has 2 N–H and O–H groups in total. The van der Waals surface area contributed by atoms with Gasteiger partial charge in [-0.05, 0) is 69.9 Å². The number of aromatic amines is 1. The summed E-state index contributed by atoms with van der Waals surface area (Å²) in [7, 11) is 2.15. The van der Waals surface area contributed by atoms with Gasteiger partial charge < -0.3 is 15.1 Å². The zero-order chi connectivity index (χ0) is 28.2. The van der Waals surface area contributed by atoms with Crippen LogP contribution in [0.3, 0.4) is 0 Å². The predicted octanol–water partition coefficient (Wildman–Crippen LogP) is 4.83. The number of hydrogen-bond acceptors (Lipinski definition) is 5. The number of rotatable bonds is 7. The van der Waals surface area contributed by atoms with Gasteiger partial charge in [0.25, 0.3) is 11.8 Å². The number of carbonyl (C=O) groups excluding carboxylic acids is 2. The van der Waals surface area contributed by atoms with Crippen molar-refractivity contribution >= 4 is 24.2 Å². The molecule has 206 valence electrons. The number of aliphatic imine (C=N–C) groups is 1. The van der Waals surface area contributed by atoms with Crippen molar-refractivity contribution in [2.45, 2.75) is 32.2 Å². The van der Waals surface area contributed by atoms with Crippen LogP contribution >= 0.6 is 0 Å². The van der Waals surface area contributed by atoms with Gasteiger partial charge in [-0.3, -0.25) is 14.7 Å². The van der Waals surface area contributed by atoms with Crippen molar-refractivity contribution in [3.05, 3.63) is 83.6 Å². The highest BCUT2D eigenvalue weighted by Crippen LogP contribution is 2.36. The second-order valence-corrected chi connectivity index (χ2v) is 10.8. The van der Waals surface area contributed by atoms with Gasteiger partial charge in [0, 0.05) is 71.8 Å². The van der Waals surface area contributed by atoms with E-state index < -0.39 is 0 Å². The lowest BCUT2D eigenvalue weighted by atomic mass is 9.92. The molecule has 1 atom stereocenters. The molecule has 0 bridgehead atoms. The quantitative estimate of drug-likeness (QED) is 0.422. The van der Waals surface area contributed by atoms with Crippen molar-refractivity contribution in [2.24, 2.45) is 4.99 Å². The highest BCUT2D eigenvalue weighted by atomic mass is 16.2. The topological polar surface area (TPSA) is 93.7 Å². The third-order valence-corrected chi connectivity index (χ3v) is 7.47. The minimum absolute atomic E-state index is 0.0480. The van der Waals surface area contributed by atoms with Gasteiger partial charge in [0.2, 0.25) is 0 Å². The summed E-state index contributed by atoms with van der Waals surface area (Å²) in [5.41, 5.74) is 7.28. The van der Waals surface area contributed by atoms with Gasteiger partial charge in [-0.15, -0.1) is 0 Å². The number of hydrogen-bond donors (Lipinski definition) is 2. The van der Waals surface area contributed by atoms with Crippen LogP contribution in [0.25, 0.3) is 22.4 Å². The molecule has 2 heterocycles. The first kappa shape index (κ1) is 27.3. The number of benzene rings is 2. The van der Waals surface area contributed by atoms with Crippen LogP contribution in [0.5, 0.6) is 0 Å². The van der Waals surface area contributed by atoms with Crippen molar-refractivity contribution in [1.29, 1.82) is 0 Å². The van der Waals surface area contributed by atoms with Gasteiger partial charge in [-0.25, -0.2) is 4.99 Å². The van der Waals surface area contributed by atoms with Crippen LogP contribution in [-0.2, 0) is 4.79 Å². The van der Waals surface area contributed by atoms with Crippen molar-refractivity contribution in [3.63, 3.8) is 0 Å². The fraction of sp³-hybridized carbons (Fsp3) is 0.312. The number of nitrogens with zero attached hydrogens (tertiary/aromatic N) is 4. The number of nitrogens with one attached hydrogen (secondary N) is 2. The third-order valence-electron chi connectivity index (χ3n) is 7.47. The zero-order valence-electron chi connectivity index (χ0n) is 23.4. The van der Waals surface area contributed by atoms with Gasteiger partial charge in [0.05, 0.1) is 5.69 Å². The first-order valence-corrected chi connectivity index (χ1v) is 13.8. The number of piperazine rings is 1. The maximum atomic E-state index is 12.6. The number of anilines is 1. The number of aromatic nitrogens is 2. The monoisotopic (exact) mass is 536 g/mol. The Morgan fingerprint density at radius 3 is 2.48 bits per heavy atom. The summed E-state index contributed by atoms with van der Waals surface area (Å²) in [6.07, 6.45) is 6.74. The van der Waals surface area contributed by atoms with Gasteiger partial charge in [-0.2, -0.15) is 5.10 Å². The SMILES string of the molecule is C=NC(=O)c1ccc(-c2cc(-c3cc(C4C=C(C(=O)NC(C)C)C=CC4)[nH]n3)ccc2N2CCN(C)CC2)cc1. The van der Waals surface area contributed by atoms with Gasteiger partial charge in [-0.1, -0.05) is 36.4 Å². The normalized spacial score (nSPS) is 17.6. The molecule has 1 saturated heterocycles. The minimum atomic E-state index is -0.333. The number of H-pyrrole nitrogens is 1. The van der Waals surface area contributed by atoms with Crippen molar-refractivity contribution < 1.29 is 9.59 Å². The van der Waals surface area contributed by atoms with Gasteiger partial charge in [0.1, 0.15) is 0 Å². The smallest absolute Gasteiger partial charge is 0.276 e. The molecule has 1 aliphatic carbocycles. The van der Waals surface area contributed by atoms with E-state index in [1.165, 1.54) is 0 Å². The molecule has 5 rings (SSSR count). The average Bonchev–Trinajstić information content (AvgIpc) is 3.47. The van der Waals surface area contributed by atoms with Crippen molar-refractivity contribution in [2.75, 3.05) is 38.1 Å². The largest absolute Gasteiger partial charge is 0.368 e. The third kappa shape index (κ3) is 5.97. The standard InChI is InChI=1S/C32H36N6O2/c1-21(2)34-32(40)26-7-5-6-24(18-26)28-20-29(36-35-28)25-12-13-30(38-16-14-37(4)15-17-38)27(19-25)22-8-10-23(11-9-22)31(39)33-3/h5,7-13,18-21,24H,3,6,14-17H2,1-2,4H3,(H,34,40)(H,35,36). The first-order chi connectivity index (χ1) is 19.3. The van der Waals surface area contributed by atoms with Gasteiger partial charge in [0.15, 0.2) is 0 Å². The second-order valence-electron chi connectivity index (χ2n) is 10.8. The Bertz CT molecular complexity index is 1460. The summed E-state index contributed by atoms with van der Waals surface area (Å²) >= 11 is 0. The van der Waals surface area contributed by atoms with E-state index in [-0.39, 0.29) is 23.8 Å². The van der Waals surface area contributed by atoms with E-state index in [2.05, 4.69) is 68.3 Å². The highest BCUT2D eigenvalue weighted by Gasteiger charge is 2.21. The minimum Gasteiger partial charge on any atom is -0.368 e. The van der Waals surface area contributed by atoms with E-state index in [1.54, 1.807) is 12.1 Å². The molecular formula is C32H36N6O2. The molecule has 2 aliphatic rings. The lowest BCUT2D eigenvalue weighted by Crippen LogP contribution is -2.44. The Morgan fingerprint density at radius 1 is 1.05 bits per heavy atom. The number of allylic oxidation sites excluding steroid dienone is 2. The molecule has 1 aliphatic heterocycles. The lowest BCUT2D eigenvalue weighted by molar-refractivity contribution is -0.117. The molecule has 8 nitrogen and oxygen atoms in total. The van der Waals surface area contributed by atoms with E-state index in [1.807, 2.05) is 44.2 Å². The summed E-state index contributed by atoms with van der Waals surface area (Å²) in [5, 5.41) is 10.8. The second kappa shape index (κ2) is 11.8. The Hall–Kier alpha value is -4.30. The molecule has 2 aromatic carbocycles. The lowest BCUT2D eigenvalue weighted by Gasteiger charge is -2.35. The molecule has 0 radical (unpaired) electrons. The molecule has 1 fully saturated rings. The molecule has 1 aromatic heterocycles. The van der Waals surface area contributed by atoms with Crippen LogP contribution in [0.15, 0.2) is 77.3 Å². The van der Waals surface area contributed by atoms with E-state index in [0.717, 1.165) is 66.4 Å². The molecule has 40 heavy (non-hydrogen) atoms. The van der Waals surface area contributed by atoms with Crippen LogP contribution in [0, 0.1) is 0 Å². The summed E-state index contributed by atoms with van der Waals surface area (Å²) in [6, 6.07) is 16.2. The van der Waals surface area contributed by atoms with Crippen molar-refractivity contribution in [3.8, 4) is 22.4 Å². The fourth-order valence-electron chi connectivity index (χ4n) is 5.20. The fourth-order valence-corrected chi connectivity index (χ4v) is 5.20. The van der Waals surface area contributed by atoms with E-state index >= 15 is 0 Å². The van der Waals surface area contributed by atoms with E-state index in [0.29, 0.717) is 11.1 Å². The van der Waals surface area contributed by atoms with Crippen molar-refractivity contribution in [1.82, 2.24) is 20.4 Å². The first-order valence-electron chi connectivity index (χ1n) is 13.8. The number of carbonyl (C=O) groups is 2. The Balaban J connectivity index is 1.46. The molecule has 0 saturated carbocycles. The van der Waals surface area contributed by atoms with Crippen LogP contribution in [0.1, 0.15) is 42.2 Å². The Labute approximate surface area is 235 Å². The zero-order valence-corrected chi connectivity index (χ0v) is 23.4. The van der Waals surface area contributed by atoms with Crippen LogP contribution < -0.4 is 10.2 Å². The van der Waals surface area contributed by atoms with E-state index in [9.17, 15) is 9.59 Å². The van der Waals surface area contributed by atoms with Crippen LogP contribution in [0.2, 0.25) is 0 Å². The molecule has 3 aromatic rings. The van der Waals surface area contributed by atoms with Crippen LogP contribution in [0.4, 0.5) is 5.69 Å². The molecular weight excluding hydrogens is 500 g/mol. The Kier molecular flexibility index (Phi) is 8.07. The number of amides is 2. The summed E-state index contributed by atoms with van der Waals surface area (Å²) in [5.74, 6) is -0.344. The summed E-state index contributed by atoms with van der Waals surface area (Å²) in [6.45, 7) is 11.2. The highest BCUT2D eigenvalue weighted by molar-refractivity contribution is 5.98. The average molecular weight is 537 g/mol. The van der Waals surface area contributed by atoms with Gasteiger partial charge >= 0.3 is 0 Å². The molecule has 0 spiro atoms. The van der Waals surface area contributed by atoms with E-state index in [4.69, 9.17) is 0 Å². The maximum Gasteiger partial charge on any atom is 0.276 e. The number of likely N-dealkylation sites (N-methyl/N-ethyl adjacent to an activating group) is 1. The Morgan fingerprint density at radius 2 is 1.77 bits per heavy atom. The maximum absolute atomic E-state index is 12.6. The molecule has 1 unspecified atom stereocenters. The van der Waals surface area contributed by atoms with Crippen LogP contribution in [-0.4, -0.2) is 72.9 Å². The summed E-state index contributed by atoms with van der Waals surface area (Å²) in [4.78, 5) is 32.8. The predicted molar refractivity (Wildman–Crippen MR) is 161 cm³/mol. The molecule has 8 heteroatoms. The summed E-state index contributed by atoms with van der Waals surface area (Å²) < 4.78 is 0. The molecule has 2 amide bonds.